The summed E-state index contributed by atoms with van der Waals surface area (Å²) in [5, 5.41) is 11.5. The molecule has 1 aromatic carbocycles. The van der Waals surface area contributed by atoms with E-state index in [1.54, 1.807) is 0 Å². The first-order valence-electron chi connectivity index (χ1n) is 11.9. The van der Waals surface area contributed by atoms with Gasteiger partial charge < -0.3 is 15.5 Å². The van der Waals surface area contributed by atoms with E-state index in [0.717, 1.165) is 70.3 Å². The minimum Gasteiger partial charge on any atom is -0.356 e. The molecule has 2 heterocycles. The predicted octanol–water partition coefficient (Wildman–Crippen LogP) is 2.96. The number of aromatic nitrogens is 2. The summed E-state index contributed by atoms with van der Waals surface area (Å²) in [4.78, 5) is 9.54. The Bertz CT molecular complexity index is 857. The van der Waals surface area contributed by atoms with Crippen LogP contribution in [0.1, 0.15) is 35.9 Å². The maximum atomic E-state index is 4.53. The van der Waals surface area contributed by atoms with E-state index in [2.05, 4.69) is 81.6 Å². The predicted molar refractivity (Wildman–Crippen MR) is 149 cm³/mol. The van der Waals surface area contributed by atoms with Gasteiger partial charge in [-0.25, -0.2) is 0 Å². The van der Waals surface area contributed by atoms with E-state index in [9.17, 15) is 0 Å². The van der Waals surface area contributed by atoms with Gasteiger partial charge in [-0.3, -0.25) is 14.6 Å². The number of guanidine groups is 1. The van der Waals surface area contributed by atoms with Crippen molar-refractivity contribution in [2.75, 3.05) is 46.3 Å². The van der Waals surface area contributed by atoms with Gasteiger partial charge in [-0.05, 0) is 51.3 Å². The van der Waals surface area contributed by atoms with E-state index in [4.69, 9.17) is 0 Å². The smallest absolute Gasteiger partial charge is 0.191 e. The molecule has 2 N–H and O–H groups in total. The van der Waals surface area contributed by atoms with E-state index < -0.39 is 0 Å². The molecule has 8 heteroatoms. The van der Waals surface area contributed by atoms with Crippen molar-refractivity contribution in [2.24, 2.45) is 12.0 Å². The van der Waals surface area contributed by atoms with E-state index in [0.29, 0.717) is 6.04 Å². The molecule has 1 atom stereocenters. The molecular weight excluding hydrogens is 525 g/mol. The second kappa shape index (κ2) is 13.9. The van der Waals surface area contributed by atoms with Gasteiger partial charge in [0.1, 0.15) is 0 Å². The van der Waals surface area contributed by atoms with Gasteiger partial charge in [0.05, 0.1) is 5.69 Å². The van der Waals surface area contributed by atoms with Crippen LogP contribution in [-0.4, -0.2) is 77.9 Å². The van der Waals surface area contributed by atoms with Crippen LogP contribution in [0.15, 0.2) is 35.3 Å². The molecule has 0 amide bonds. The summed E-state index contributed by atoms with van der Waals surface area (Å²) < 4.78 is 1.96. The molecule has 7 nitrogen and oxygen atoms in total. The van der Waals surface area contributed by atoms with Crippen molar-refractivity contribution in [1.82, 2.24) is 30.2 Å². The van der Waals surface area contributed by atoms with Gasteiger partial charge in [0.15, 0.2) is 5.96 Å². The van der Waals surface area contributed by atoms with Crippen molar-refractivity contribution in [3.63, 3.8) is 0 Å². The summed E-state index contributed by atoms with van der Waals surface area (Å²) in [6, 6.07) is 11.1. The van der Waals surface area contributed by atoms with Crippen molar-refractivity contribution in [3.8, 4) is 0 Å². The summed E-state index contributed by atoms with van der Waals surface area (Å²) in [6.07, 6.45) is 2.06. The lowest BCUT2D eigenvalue weighted by Gasteiger charge is -2.34. The molecule has 1 saturated heterocycles. The molecular formula is C25H42IN7. The number of nitrogens with zero attached hydrogens (tertiary/aromatic N) is 5. The molecule has 1 aliphatic heterocycles. The highest BCUT2D eigenvalue weighted by molar-refractivity contribution is 14.0. The molecule has 1 fully saturated rings. The second-order valence-electron chi connectivity index (χ2n) is 8.98. The number of halogens is 1. The number of piperazine rings is 1. The van der Waals surface area contributed by atoms with Gasteiger partial charge in [0.2, 0.25) is 0 Å². The molecule has 1 unspecified atom stereocenters. The summed E-state index contributed by atoms with van der Waals surface area (Å²) in [7, 11) is 3.85. The highest BCUT2D eigenvalue weighted by Crippen LogP contribution is 2.14. The standard InChI is InChI=1S/C25H41N7.HI/c1-20(18-24-21(2)29-30(5)22(24)3)28-25(26-4)27-12-9-13-31-14-16-32(17-15-31)19-23-10-7-6-8-11-23;/h6-8,10-11,20H,9,12-19H2,1-5H3,(H2,26,27,28);1H. The average Bonchev–Trinajstić information content (AvgIpc) is 3.03. The lowest BCUT2D eigenvalue weighted by molar-refractivity contribution is 0.126. The van der Waals surface area contributed by atoms with Crippen molar-refractivity contribution >= 4 is 29.9 Å². The van der Waals surface area contributed by atoms with Crippen LogP contribution < -0.4 is 10.6 Å². The fourth-order valence-electron chi connectivity index (χ4n) is 4.42. The molecule has 1 aliphatic rings. The number of hydrogen-bond acceptors (Lipinski definition) is 4. The van der Waals surface area contributed by atoms with Crippen LogP contribution in [0.3, 0.4) is 0 Å². The highest BCUT2D eigenvalue weighted by atomic mass is 127. The molecule has 0 bridgehead atoms. The topological polar surface area (TPSA) is 60.7 Å². The Hall–Kier alpha value is -1.65. The number of rotatable bonds is 9. The Balaban J connectivity index is 0.00000385. The molecule has 0 radical (unpaired) electrons. The van der Waals surface area contributed by atoms with E-state index >= 15 is 0 Å². The molecule has 0 aliphatic carbocycles. The summed E-state index contributed by atoms with van der Waals surface area (Å²) in [5.74, 6) is 0.879. The zero-order chi connectivity index (χ0) is 22.9. The number of nitrogens with one attached hydrogen (secondary N) is 2. The number of aryl methyl sites for hydroxylation is 2. The lowest BCUT2D eigenvalue weighted by Crippen LogP contribution is -2.47. The van der Waals surface area contributed by atoms with Gasteiger partial charge in [-0.1, -0.05) is 30.3 Å². The molecule has 0 saturated carbocycles. The van der Waals surface area contributed by atoms with Crippen molar-refractivity contribution in [3.05, 3.63) is 52.8 Å². The molecule has 3 rings (SSSR count). The average molecular weight is 568 g/mol. The first-order valence-corrected chi connectivity index (χ1v) is 11.9. The quantitative estimate of drug-likeness (QED) is 0.211. The van der Waals surface area contributed by atoms with Crippen LogP contribution >= 0.6 is 24.0 Å². The number of aliphatic imine (C=N–C) groups is 1. The van der Waals surface area contributed by atoms with Crippen LogP contribution in [-0.2, 0) is 20.0 Å². The Labute approximate surface area is 217 Å². The second-order valence-corrected chi connectivity index (χ2v) is 8.98. The van der Waals surface area contributed by atoms with Crippen molar-refractivity contribution in [2.45, 2.75) is 46.2 Å². The van der Waals surface area contributed by atoms with Gasteiger partial charge in [-0.2, -0.15) is 5.10 Å². The molecule has 1 aromatic heterocycles. The normalized spacial score (nSPS) is 16.3. The number of benzene rings is 1. The summed E-state index contributed by atoms with van der Waals surface area (Å²) in [5.41, 5.74) is 5.09. The fourth-order valence-corrected chi connectivity index (χ4v) is 4.42. The SMILES string of the molecule is CN=C(NCCCN1CCN(Cc2ccccc2)CC1)NC(C)Cc1c(C)nn(C)c1C.I. The van der Waals surface area contributed by atoms with E-state index in [-0.39, 0.29) is 24.0 Å². The maximum Gasteiger partial charge on any atom is 0.191 e. The minimum absolute atomic E-state index is 0. The van der Waals surface area contributed by atoms with Gasteiger partial charge in [0, 0.05) is 65.1 Å². The lowest BCUT2D eigenvalue weighted by atomic mass is 10.1. The summed E-state index contributed by atoms with van der Waals surface area (Å²) in [6.45, 7) is 14.2. The number of hydrogen-bond donors (Lipinski definition) is 2. The largest absolute Gasteiger partial charge is 0.356 e. The third kappa shape index (κ3) is 8.57. The molecule has 2 aromatic rings. The van der Waals surface area contributed by atoms with Crippen LogP contribution in [0, 0.1) is 13.8 Å². The van der Waals surface area contributed by atoms with Crippen molar-refractivity contribution < 1.29 is 0 Å². The molecule has 33 heavy (non-hydrogen) atoms. The minimum atomic E-state index is 0. The van der Waals surface area contributed by atoms with E-state index in [1.807, 2.05) is 18.8 Å². The van der Waals surface area contributed by atoms with Crippen molar-refractivity contribution in [1.29, 1.82) is 0 Å². The van der Waals surface area contributed by atoms with Gasteiger partial charge in [-0.15, -0.1) is 24.0 Å². The Kier molecular flexibility index (Phi) is 11.6. The van der Waals surface area contributed by atoms with Crippen LogP contribution in [0.5, 0.6) is 0 Å². The first-order chi connectivity index (χ1) is 15.5. The first kappa shape index (κ1) is 27.6. The fraction of sp³-hybridized carbons (Fsp3) is 0.600. The zero-order valence-corrected chi connectivity index (χ0v) is 23.3. The van der Waals surface area contributed by atoms with Crippen LogP contribution in [0.25, 0.3) is 0 Å². The third-order valence-electron chi connectivity index (χ3n) is 6.43. The maximum absolute atomic E-state index is 4.53. The Morgan fingerprint density at radius 2 is 1.76 bits per heavy atom. The summed E-state index contributed by atoms with van der Waals surface area (Å²) >= 11 is 0. The Morgan fingerprint density at radius 3 is 2.36 bits per heavy atom. The molecule has 184 valence electrons. The zero-order valence-electron chi connectivity index (χ0n) is 21.0. The Morgan fingerprint density at radius 1 is 1.09 bits per heavy atom. The molecule has 0 spiro atoms. The van der Waals surface area contributed by atoms with E-state index in [1.165, 1.54) is 16.8 Å². The monoisotopic (exact) mass is 567 g/mol. The van der Waals surface area contributed by atoms with Gasteiger partial charge in [0.25, 0.3) is 0 Å². The van der Waals surface area contributed by atoms with Gasteiger partial charge >= 0.3 is 0 Å². The third-order valence-corrected chi connectivity index (χ3v) is 6.43. The van der Waals surface area contributed by atoms with Crippen LogP contribution in [0.4, 0.5) is 0 Å². The van der Waals surface area contributed by atoms with Crippen LogP contribution in [0.2, 0.25) is 0 Å². The highest BCUT2D eigenvalue weighted by Gasteiger charge is 2.17.